The molecule has 116 valence electrons. The Labute approximate surface area is 110 Å². The lowest BCUT2D eigenvalue weighted by molar-refractivity contribution is -0.277. The second-order valence-electron chi connectivity index (χ2n) is 4.74. The van der Waals surface area contributed by atoms with Gasteiger partial charge in [-0.15, -0.1) is 0 Å². The van der Waals surface area contributed by atoms with Crippen molar-refractivity contribution >= 4 is 11.7 Å². The van der Waals surface area contributed by atoms with Crippen LogP contribution in [-0.4, -0.2) is 42.0 Å². The summed E-state index contributed by atoms with van der Waals surface area (Å²) < 4.78 is 74.6. The van der Waals surface area contributed by atoms with Crippen molar-refractivity contribution in [1.82, 2.24) is 4.90 Å². The zero-order chi connectivity index (χ0) is 15.7. The average molecular weight is 305 g/mol. The molecule has 3 nitrogen and oxygen atoms in total. The third-order valence-electron chi connectivity index (χ3n) is 3.31. The first kappa shape index (κ1) is 16.8. The molecule has 0 aromatic rings. The molecule has 0 aliphatic heterocycles. The van der Waals surface area contributed by atoms with Crippen molar-refractivity contribution in [1.29, 1.82) is 0 Å². The highest BCUT2D eigenvalue weighted by molar-refractivity contribution is 5.82. The molecule has 0 spiro atoms. The van der Waals surface area contributed by atoms with Crippen LogP contribution in [0.5, 0.6) is 0 Å². The topological polar surface area (TPSA) is 37.4 Å². The number of halogens is 6. The lowest BCUT2D eigenvalue weighted by Crippen LogP contribution is -2.51. The van der Waals surface area contributed by atoms with Gasteiger partial charge in [-0.1, -0.05) is 0 Å². The number of hydrogen-bond acceptors (Lipinski definition) is 2. The van der Waals surface area contributed by atoms with E-state index >= 15 is 0 Å². The molecule has 0 atom stereocenters. The molecule has 0 heterocycles. The van der Waals surface area contributed by atoms with Gasteiger partial charge in [0.2, 0.25) is 11.8 Å². The molecule has 0 aromatic heterocycles. The normalized spacial score (nSPS) is 18.5. The minimum atomic E-state index is -5.69. The minimum absolute atomic E-state index is 0.0605. The van der Waals surface area contributed by atoms with Crippen LogP contribution in [0.2, 0.25) is 0 Å². The molecule has 1 amide bonds. The Kier molecular flexibility index (Phi) is 4.70. The molecule has 0 bridgehead atoms. The van der Waals surface area contributed by atoms with Crippen LogP contribution < -0.4 is 0 Å². The molecule has 1 aliphatic carbocycles. The van der Waals surface area contributed by atoms with Crippen LogP contribution in [0.25, 0.3) is 0 Å². The fraction of sp³-hybridized carbons (Fsp3) is 0.818. The van der Waals surface area contributed by atoms with E-state index in [4.69, 9.17) is 0 Å². The van der Waals surface area contributed by atoms with E-state index in [1.807, 2.05) is 0 Å². The van der Waals surface area contributed by atoms with E-state index in [2.05, 4.69) is 0 Å². The van der Waals surface area contributed by atoms with Gasteiger partial charge in [0, 0.05) is 25.9 Å². The van der Waals surface area contributed by atoms with Gasteiger partial charge in [-0.3, -0.25) is 9.59 Å². The lowest BCUT2D eigenvalue weighted by Gasteiger charge is -2.34. The molecule has 1 aliphatic rings. The molecule has 0 unspecified atom stereocenters. The third kappa shape index (κ3) is 3.86. The van der Waals surface area contributed by atoms with Gasteiger partial charge in [0.25, 0.3) is 0 Å². The highest BCUT2D eigenvalue weighted by Gasteiger charge is 2.62. The van der Waals surface area contributed by atoms with Crippen LogP contribution in [0.1, 0.15) is 25.7 Å². The average Bonchev–Trinajstić information content (AvgIpc) is 2.25. The zero-order valence-corrected chi connectivity index (χ0v) is 10.5. The number of ketones is 1. The SMILES string of the molecule is CN(C(=O)C(C(F)(F)F)C(F)(F)F)C1CCC(=O)CC1. The van der Waals surface area contributed by atoms with Gasteiger partial charge in [0.15, 0.2) is 0 Å². The van der Waals surface area contributed by atoms with E-state index in [-0.39, 0.29) is 31.5 Å². The molecule has 0 aromatic carbocycles. The van der Waals surface area contributed by atoms with Crippen molar-refractivity contribution in [2.45, 2.75) is 44.1 Å². The van der Waals surface area contributed by atoms with Gasteiger partial charge in [-0.05, 0) is 12.8 Å². The lowest BCUT2D eigenvalue weighted by atomic mass is 9.92. The number of Topliss-reactive ketones (excluding diaryl/α,β-unsaturated/α-hetero) is 1. The largest absolute Gasteiger partial charge is 0.409 e. The maximum absolute atomic E-state index is 12.4. The van der Waals surface area contributed by atoms with Gasteiger partial charge in [-0.2, -0.15) is 26.3 Å². The summed E-state index contributed by atoms with van der Waals surface area (Å²) in [6, 6.07) is -0.771. The number of rotatable bonds is 2. The van der Waals surface area contributed by atoms with Crippen molar-refractivity contribution in [2.24, 2.45) is 5.92 Å². The minimum Gasteiger partial charge on any atom is -0.342 e. The maximum atomic E-state index is 12.4. The standard InChI is InChI=1S/C11H13F6NO2/c1-18(6-2-4-7(19)5-3-6)9(20)8(10(12,13)14)11(15,16)17/h6,8H,2-5H2,1H3. The summed E-state index contributed by atoms with van der Waals surface area (Å²) in [5.41, 5.74) is 0. The van der Waals surface area contributed by atoms with Gasteiger partial charge in [-0.25, -0.2) is 0 Å². The summed E-state index contributed by atoms with van der Waals surface area (Å²) in [7, 11) is 0.910. The zero-order valence-electron chi connectivity index (χ0n) is 10.5. The summed E-state index contributed by atoms with van der Waals surface area (Å²) in [6.45, 7) is 0. The Morgan fingerprint density at radius 3 is 1.85 bits per heavy atom. The molecule has 1 rings (SSSR count). The molecule has 0 saturated heterocycles. The second kappa shape index (κ2) is 5.61. The molecular weight excluding hydrogens is 292 g/mol. The maximum Gasteiger partial charge on any atom is 0.409 e. The van der Waals surface area contributed by atoms with E-state index in [1.54, 1.807) is 0 Å². The second-order valence-corrected chi connectivity index (χ2v) is 4.74. The molecule has 20 heavy (non-hydrogen) atoms. The Morgan fingerprint density at radius 2 is 1.50 bits per heavy atom. The third-order valence-corrected chi connectivity index (χ3v) is 3.31. The van der Waals surface area contributed by atoms with E-state index in [9.17, 15) is 35.9 Å². The smallest absolute Gasteiger partial charge is 0.342 e. The van der Waals surface area contributed by atoms with Crippen LogP contribution in [0.3, 0.4) is 0 Å². The quantitative estimate of drug-likeness (QED) is 0.736. The molecule has 0 N–H and O–H groups in total. The van der Waals surface area contributed by atoms with E-state index < -0.39 is 30.2 Å². The molecule has 1 fully saturated rings. The van der Waals surface area contributed by atoms with Gasteiger partial charge in [0.05, 0.1) is 0 Å². The van der Waals surface area contributed by atoms with Crippen molar-refractivity contribution in [2.75, 3.05) is 7.05 Å². The van der Waals surface area contributed by atoms with Crippen molar-refractivity contribution in [3.63, 3.8) is 0 Å². The first-order chi connectivity index (χ1) is 8.94. The van der Waals surface area contributed by atoms with Crippen molar-refractivity contribution in [3.05, 3.63) is 0 Å². The molecule has 9 heteroatoms. The Hall–Kier alpha value is -1.28. The van der Waals surface area contributed by atoms with Crippen molar-refractivity contribution in [3.8, 4) is 0 Å². The summed E-state index contributed by atoms with van der Waals surface area (Å²) in [4.78, 5) is 23.0. The van der Waals surface area contributed by atoms with Gasteiger partial charge in [0.1, 0.15) is 5.78 Å². The summed E-state index contributed by atoms with van der Waals surface area (Å²) in [6.07, 6.45) is -11.1. The highest BCUT2D eigenvalue weighted by atomic mass is 19.4. The Balaban J connectivity index is 2.87. The van der Waals surface area contributed by atoms with Crippen LogP contribution >= 0.6 is 0 Å². The predicted octanol–water partition coefficient (Wildman–Crippen LogP) is 2.70. The summed E-state index contributed by atoms with van der Waals surface area (Å²) in [5.74, 6) is -6.15. The number of alkyl halides is 6. The molecule has 0 radical (unpaired) electrons. The number of hydrogen-bond donors (Lipinski definition) is 0. The fourth-order valence-corrected chi connectivity index (χ4v) is 2.16. The molecular formula is C11H13F6NO2. The first-order valence-corrected chi connectivity index (χ1v) is 5.86. The number of amides is 1. The number of carbonyl (C=O) groups is 2. The van der Waals surface area contributed by atoms with Crippen LogP contribution in [0.4, 0.5) is 26.3 Å². The van der Waals surface area contributed by atoms with E-state index in [1.165, 1.54) is 0 Å². The highest BCUT2D eigenvalue weighted by Crippen LogP contribution is 2.40. The van der Waals surface area contributed by atoms with Crippen molar-refractivity contribution < 1.29 is 35.9 Å². The van der Waals surface area contributed by atoms with Crippen LogP contribution in [-0.2, 0) is 9.59 Å². The van der Waals surface area contributed by atoms with E-state index in [0.717, 1.165) is 7.05 Å². The van der Waals surface area contributed by atoms with E-state index in [0.29, 0.717) is 4.90 Å². The first-order valence-electron chi connectivity index (χ1n) is 5.86. The summed E-state index contributed by atoms with van der Waals surface area (Å²) >= 11 is 0. The fourth-order valence-electron chi connectivity index (χ4n) is 2.16. The Bertz CT molecular complexity index is 365. The van der Waals surface area contributed by atoms with Crippen LogP contribution in [0.15, 0.2) is 0 Å². The van der Waals surface area contributed by atoms with Crippen LogP contribution in [0, 0.1) is 5.92 Å². The predicted molar refractivity (Wildman–Crippen MR) is 55.6 cm³/mol. The monoisotopic (exact) mass is 305 g/mol. The Morgan fingerprint density at radius 1 is 1.10 bits per heavy atom. The number of nitrogens with zero attached hydrogens (tertiary/aromatic N) is 1. The van der Waals surface area contributed by atoms with Gasteiger partial charge < -0.3 is 4.90 Å². The summed E-state index contributed by atoms with van der Waals surface area (Å²) in [5, 5.41) is 0. The van der Waals surface area contributed by atoms with Gasteiger partial charge >= 0.3 is 12.4 Å². The molecule has 1 saturated carbocycles. The number of carbonyl (C=O) groups excluding carboxylic acids is 2.